The first-order valence-electron chi connectivity index (χ1n) is 7.21. The molecule has 1 aromatic carbocycles. The van der Waals surface area contributed by atoms with E-state index in [0.29, 0.717) is 11.3 Å². The highest BCUT2D eigenvalue weighted by Gasteiger charge is 2.30. The van der Waals surface area contributed by atoms with E-state index in [4.69, 9.17) is 5.26 Å². The van der Waals surface area contributed by atoms with Gasteiger partial charge >= 0.3 is 6.18 Å². The number of amides is 1. The number of benzene rings is 1. The minimum atomic E-state index is -4.52. The summed E-state index contributed by atoms with van der Waals surface area (Å²) in [5, 5.41) is 11.3. The van der Waals surface area contributed by atoms with Crippen LogP contribution in [0.4, 0.5) is 18.9 Å². The number of aromatic nitrogens is 1. The predicted molar refractivity (Wildman–Crippen MR) is 85.0 cm³/mol. The lowest BCUT2D eigenvalue weighted by atomic mass is 10.1. The van der Waals surface area contributed by atoms with E-state index < -0.39 is 29.8 Å². The lowest BCUT2D eigenvalue weighted by molar-refractivity contribution is -0.137. The highest BCUT2D eigenvalue weighted by molar-refractivity contribution is 5.90. The summed E-state index contributed by atoms with van der Waals surface area (Å²) in [5.74, 6) is -0.669. The maximum atomic E-state index is 12.7. The van der Waals surface area contributed by atoms with E-state index in [0.717, 1.165) is 16.7 Å². The Bertz CT molecular complexity index is 924. The van der Waals surface area contributed by atoms with E-state index >= 15 is 0 Å². The Kier molecular flexibility index (Phi) is 4.97. The number of aryl methyl sites for hydroxylation is 2. The molecule has 1 heterocycles. The highest BCUT2D eigenvalue weighted by Crippen LogP contribution is 2.30. The number of rotatable bonds is 3. The number of anilines is 1. The Morgan fingerprint density at radius 3 is 2.56 bits per heavy atom. The Morgan fingerprint density at radius 2 is 1.96 bits per heavy atom. The molecule has 2 rings (SSSR count). The standard InChI is InChI=1S/C17H14F3N3O2/c1-10-6-11(2)23(16(25)14(10)8-21)9-15(24)22-13-5-3-4-12(7-13)17(18,19)20/h3-7H,9H2,1-2H3,(H,22,24). The minimum Gasteiger partial charge on any atom is -0.325 e. The number of alkyl halides is 3. The Balaban J connectivity index is 2.25. The summed E-state index contributed by atoms with van der Waals surface area (Å²) in [6, 6.07) is 7.58. The van der Waals surface area contributed by atoms with Gasteiger partial charge in [0.05, 0.1) is 5.56 Å². The Hall–Kier alpha value is -3.08. The zero-order valence-electron chi connectivity index (χ0n) is 13.4. The maximum Gasteiger partial charge on any atom is 0.416 e. The van der Waals surface area contributed by atoms with E-state index in [9.17, 15) is 22.8 Å². The van der Waals surface area contributed by atoms with Crippen molar-refractivity contribution in [3.05, 3.63) is 63.1 Å². The van der Waals surface area contributed by atoms with Crippen molar-refractivity contribution in [2.24, 2.45) is 0 Å². The summed E-state index contributed by atoms with van der Waals surface area (Å²) < 4.78 is 39.2. The van der Waals surface area contributed by atoms with Crippen LogP contribution in [-0.2, 0) is 17.5 Å². The number of hydrogen-bond acceptors (Lipinski definition) is 3. The maximum absolute atomic E-state index is 12.7. The van der Waals surface area contributed by atoms with Crippen molar-refractivity contribution in [1.82, 2.24) is 4.57 Å². The van der Waals surface area contributed by atoms with Crippen molar-refractivity contribution in [3.63, 3.8) is 0 Å². The van der Waals surface area contributed by atoms with E-state index in [2.05, 4.69) is 5.32 Å². The third kappa shape index (κ3) is 4.07. The van der Waals surface area contributed by atoms with Gasteiger partial charge in [-0.15, -0.1) is 0 Å². The monoisotopic (exact) mass is 349 g/mol. The van der Waals surface area contributed by atoms with Crippen LogP contribution in [0, 0.1) is 25.2 Å². The molecule has 0 aliphatic rings. The van der Waals surface area contributed by atoms with Crippen LogP contribution in [0.5, 0.6) is 0 Å². The van der Waals surface area contributed by atoms with Crippen LogP contribution in [0.25, 0.3) is 0 Å². The summed E-state index contributed by atoms with van der Waals surface area (Å²) >= 11 is 0. The molecule has 0 aliphatic heterocycles. The molecule has 0 unspecified atom stereocenters. The van der Waals surface area contributed by atoms with Gasteiger partial charge in [-0.1, -0.05) is 6.07 Å². The topological polar surface area (TPSA) is 74.9 Å². The third-order valence-corrected chi connectivity index (χ3v) is 3.59. The Morgan fingerprint density at radius 1 is 1.28 bits per heavy atom. The summed E-state index contributed by atoms with van der Waals surface area (Å²) in [6.07, 6.45) is -4.52. The molecule has 130 valence electrons. The number of nitrogens with zero attached hydrogens (tertiary/aromatic N) is 2. The van der Waals surface area contributed by atoms with Crippen LogP contribution in [0.2, 0.25) is 0 Å². The van der Waals surface area contributed by atoms with Crippen LogP contribution >= 0.6 is 0 Å². The zero-order chi connectivity index (χ0) is 18.8. The van der Waals surface area contributed by atoms with E-state index in [-0.39, 0.29) is 11.3 Å². The number of carbonyl (C=O) groups excluding carboxylic acids is 1. The van der Waals surface area contributed by atoms with Gasteiger partial charge in [0, 0.05) is 11.4 Å². The van der Waals surface area contributed by atoms with E-state index in [1.165, 1.54) is 12.1 Å². The summed E-state index contributed by atoms with van der Waals surface area (Å²) in [7, 11) is 0. The molecule has 1 amide bonds. The average Bonchev–Trinajstić information content (AvgIpc) is 2.51. The lowest BCUT2D eigenvalue weighted by Crippen LogP contribution is -2.31. The molecular weight excluding hydrogens is 335 g/mol. The van der Waals surface area contributed by atoms with Gasteiger partial charge < -0.3 is 9.88 Å². The fourth-order valence-electron chi connectivity index (χ4n) is 2.38. The first-order chi connectivity index (χ1) is 11.6. The van der Waals surface area contributed by atoms with Crippen LogP contribution < -0.4 is 10.9 Å². The normalized spacial score (nSPS) is 11.0. The molecule has 0 bridgehead atoms. The molecule has 25 heavy (non-hydrogen) atoms. The van der Waals surface area contributed by atoms with Crippen molar-refractivity contribution in [3.8, 4) is 6.07 Å². The molecule has 8 heteroatoms. The molecule has 0 aliphatic carbocycles. The lowest BCUT2D eigenvalue weighted by Gasteiger charge is -2.13. The van der Waals surface area contributed by atoms with Crippen LogP contribution in [0.1, 0.15) is 22.4 Å². The number of carbonyl (C=O) groups is 1. The van der Waals surface area contributed by atoms with Gasteiger partial charge in [0.1, 0.15) is 18.2 Å². The van der Waals surface area contributed by atoms with Crippen molar-refractivity contribution < 1.29 is 18.0 Å². The third-order valence-electron chi connectivity index (χ3n) is 3.59. The van der Waals surface area contributed by atoms with Gasteiger partial charge in [-0.25, -0.2) is 0 Å². The SMILES string of the molecule is Cc1cc(C)n(CC(=O)Nc2cccc(C(F)(F)F)c2)c(=O)c1C#N. The van der Waals surface area contributed by atoms with Gasteiger partial charge in [-0.05, 0) is 43.7 Å². The summed E-state index contributed by atoms with van der Waals surface area (Å²) in [5.41, 5.74) is -0.629. The molecule has 2 aromatic rings. The molecule has 0 saturated heterocycles. The van der Waals surface area contributed by atoms with Gasteiger partial charge in [-0.3, -0.25) is 9.59 Å². The molecule has 5 nitrogen and oxygen atoms in total. The van der Waals surface area contributed by atoms with Crippen molar-refractivity contribution in [2.45, 2.75) is 26.6 Å². The largest absolute Gasteiger partial charge is 0.416 e. The summed E-state index contributed by atoms with van der Waals surface area (Å²) in [6.45, 7) is 2.81. The molecule has 0 saturated carbocycles. The number of nitriles is 1. The Labute approximate surface area is 141 Å². The fourth-order valence-corrected chi connectivity index (χ4v) is 2.38. The number of halogens is 3. The molecule has 0 spiro atoms. The fraction of sp³-hybridized carbons (Fsp3) is 0.235. The molecule has 1 N–H and O–H groups in total. The second-order valence-electron chi connectivity index (χ2n) is 5.47. The van der Waals surface area contributed by atoms with E-state index in [1.807, 2.05) is 0 Å². The molecule has 0 atom stereocenters. The quantitative estimate of drug-likeness (QED) is 0.926. The van der Waals surface area contributed by atoms with Crippen molar-refractivity contribution in [2.75, 3.05) is 5.32 Å². The van der Waals surface area contributed by atoms with Crippen molar-refractivity contribution >= 4 is 11.6 Å². The number of hydrogen-bond donors (Lipinski definition) is 1. The van der Waals surface area contributed by atoms with Gasteiger partial charge in [0.25, 0.3) is 5.56 Å². The summed E-state index contributed by atoms with van der Waals surface area (Å²) in [4.78, 5) is 24.3. The van der Waals surface area contributed by atoms with Gasteiger partial charge in [0.2, 0.25) is 5.91 Å². The van der Waals surface area contributed by atoms with Crippen molar-refractivity contribution in [1.29, 1.82) is 5.26 Å². The van der Waals surface area contributed by atoms with Crippen LogP contribution in [-0.4, -0.2) is 10.5 Å². The molecule has 0 fully saturated rings. The van der Waals surface area contributed by atoms with Crippen LogP contribution in [0.15, 0.2) is 35.1 Å². The van der Waals surface area contributed by atoms with Crippen LogP contribution in [0.3, 0.4) is 0 Å². The first-order valence-corrected chi connectivity index (χ1v) is 7.21. The van der Waals surface area contributed by atoms with Gasteiger partial charge in [0.15, 0.2) is 0 Å². The first kappa shape index (κ1) is 18.3. The number of nitrogens with one attached hydrogen (secondary N) is 1. The average molecular weight is 349 g/mol. The molecular formula is C17H14F3N3O2. The molecule has 0 radical (unpaired) electrons. The smallest absolute Gasteiger partial charge is 0.325 e. The molecule has 1 aromatic heterocycles. The van der Waals surface area contributed by atoms with Gasteiger partial charge in [-0.2, -0.15) is 18.4 Å². The zero-order valence-corrected chi connectivity index (χ0v) is 13.4. The second kappa shape index (κ2) is 6.81. The predicted octanol–water partition coefficient (Wildman–Crippen LogP) is 2.99. The second-order valence-corrected chi connectivity index (χ2v) is 5.47. The highest BCUT2D eigenvalue weighted by atomic mass is 19.4. The minimum absolute atomic E-state index is 0.0295. The number of pyridine rings is 1. The van der Waals surface area contributed by atoms with E-state index in [1.54, 1.807) is 26.0 Å².